The zero-order valence-electron chi connectivity index (χ0n) is 18.5. The van der Waals surface area contributed by atoms with Gasteiger partial charge in [0.05, 0.1) is 25.3 Å². The highest BCUT2D eigenvalue weighted by molar-refractivity contribution is 5.83. The van der Waals surface area contributed by atoms with Crippen LogP contribution in [0.3, 0.4) is 0 Å². The van der Waals surface area contributed by atoms with Gasteiger partial charge in [0.2, 0.25) is 5.91 Å². The molecule has 0 spiro atoms. The van der Waals surface area contributed by atoms with E-state index in [0.717, 1.165) is 27.8 Å². The number of benzene rings is 1. The van der Waals surface area contributed by atoms with Gasteiger partial charge in [-0.2, -0.15) is 5.10 Å². The molecule has 2 heterocycles. The second-order valence-corrected chi connectivity index (χ2v) is 7.80. The average Bonchev–Trinajstić information content (AvgIpc) is 3.01. The molecule has 0 saturated heterocycles. The van der Waals surface area contributed by atoms with Crippen LogP contribution in [0.25, 0.3) is 11.0 Å². The van der Waals surface area contributed by atoms with E-state index in [-0.39, 0.29) is 30.7 Å². The minimum Gasteiger partial charge on any atom is -0.469 e. The SMILES string of the molecule is COC(=O)CC(NC(=O)CCc1c(C)c2c(C)nn(C)c2[nH]c1=O)c1ccc(C)cc1. The molecular weight excluding hydrogens is 396 g/mol. The second-order valence-electron chi connectivity index (χ2n) is 7.80. The van der Waals surface area contributed by atoms with E-state index in [1.54, 1.807) is 11.7 Å². The van der Waals surface area contributed by atoms with Crippen molar-refractivity contribution in [2.75, 3.05) is 7.11 Å². The van der Waals surface area contributed by atoms with Crippen LogP contribution in [-0.2, 0) is 27.8 Å². The number of nitrogens with one attached hydrogen (secondary N) is 2. The molecule has 2 N–H and O–H groups in total. The number of carbonyl (C=O) groups is 2. The molecule has 8 nitrogen and oxygen atoms in total. The molecular formula is C23H28N4O4. The van der Waals surface area contributed by atoms with Gasteiger partial charge in [-0.25, -0.2) is 0 Å². The summed E-state index contributed by atoms with van der Waals surface area (Å²) in [5.74, 6) is -0.646. The van der Waals surface area contributed by atoms with Crippen LogP contribution < -0.4 is 10.9 Å². The van der Waals surface area contributed by atoms with Gasteiger partial charge in [0.25, 0.3) is 5.56 Å². The van der Waals surface area contributed by atoms with E-state index in [1.807, 2.05) is 45.0 Å². The van der Waals surface area contributed by atoms with Crippen LogP contribution in [0, 0.1) is 20.8 Å². The zero-order valence-corrected chi connectivity index (χ0v) is 18.5. The lowest BCUT2D eigenvalue weighted by molar-refractivity contribution is -0.141. The quantitative estimate of drug-likeness (QED) is 0.567. The summed E-state index contributed by atoms with van der Waals surface area (Å²) in [5.41, 5.74) is 4.60. The van der Waals surface area contributed by atoms with Gasteiger partial charge < -0.3 is 15.0 Å². The van der Waals surface area contributed by atoms with E-state index < -0.39 is 12.0 Å². The molecule has 0 radical (unpaired) electrons. The molecule has 0 aliphatic heterocycles. The maximum atomic E-state index is 12.7. The molecule has 31 heavy (non-hydrogen) atoms. The Hall–Kier alpha value is -3.42. The van der Waals surface area contributed by atoms with Crippen LogP contribution in [0.2, 0.25) is 0 Å². The fourth-order valence-corrected chi connectivity index (χ4v) is 3.86. The molecule has 164 valence electrons. The molecule has 0 saturated carbocycles. The Bertz CT molecular complexity index is 1170. The molecule has 1 amide bonds. The molecule has 0 bridgehead atoms. The predicted molar refractivity (Wildman–Crippen MR) is 118 cm³/mol. The van der Waals surface area contributed by atoms with Crippen molar-refractivity contribution < 1.29 is 14.3 Å². The summed E-state index contributed by atoms with van der Waals surface area (Å²) in [7, 11) is 3.10. The number of aryl methyl sites for hydroxylation is 4. The van der Waals surface area contributed by atoms with Gasteiger partial charge in [-0.15, -0.1) is 0 Å². The lowest BCUT2D eigenvalue weighted by atomic mass is 10.0. The minimum atomic E-state index is -0.497. The first kappa shape index (κ1) is 22.3. The number of hydrogen-bond donors (Lipinski definition) is 2. The summed E-state index contributed by atoms with van der Waals surface area (Å²) in [6, 6.07) is 7.14. The third kappa shape index (κ3) is 4.84. The molecule has 2 aromatic heterocycles. The number of aromatic nitrogens is 3. The van der Waals surface area contributed by atoms with E-state index in [1.165, 1.54) is 7.11 Å². The Labute approximate surface area is 180 Å². The fourth-order valence-electron chi connectivity index (χ4n) is 3.86. The van der Waals surface area contributed by atoms with Crippen LogP contribution in [0.1, 0.15) is 46.8 Å². The third-order valence-corrected chi connectivity index (χ3v) is 5.57. The number of rotatable bonds is 7. The molecule has 3 aromatic rings. The number of fused-ring (bicyclic) bond motifs is 1. The average molecular weight is 425 g/mol. The molecule has 8 heteroatoms. The van der Waals surface area contributed by atoms with Gasteiger partial charge >= 0.3 is 5.97 Å². The topological polar surface area (TPSA) is 106 Å². The maximum Gasteiger partial charge on any atom is 0.307 e. The van der Waals surface area contributed by atoms with Crippen molar-refractivity contribution in [3.8, 4) is 0 Å². The normalized spacial score (nSPS) is 12.0. The first-order valence-corrected chi connectivity index (χ1v) is 10.2. The Morgan fingerprint density at radius 1 is 1.19 bits per heavy atom. The van der Waals surface area contributed by atoms with Crippen molar-refractivity contribution in [3.63, 3.8) is 0 Å². The number of H-pyrrole nitrogens is 1. The van der Waals surface area contributed by atoms with Crippen molar-refractivity contribution in [2.24, 2.45) is 7.05 Å². The fraction of sp³-hybridized carbons (Fsp3) is 0.391. The Kier molecular flexibility index (Phi) is 6.58. The summed E-state index contributed by atoms with van der Waals surface area (Å²) in [6.45, 7) is 5.74. The van der Waals surface area contributed by atoms with E-state index in [4.69, 9.17) is 4.74 Å². The van der Waals surface area contributed by atoms with Crippen molar-refractivity contribution in [1.29, 1.82) is 0 Å². The van der Waals surface area contributed by atoms with Crippen LogP contribution in [0.4, 0.5) is 0 Å². The number of carbonyl (C=O) groups excluding carboxylic acids is 2. The highest BCUT2D eigenvalue weighted by atomic mass is 16.5. The van der Waals surface area contributed by atoms with Crippen LogP contribution >= 0.6 is 0 Å². The molecule has 0 aliphatic rings. The molecule has 0 aliphatic carbocycles. The standard InChI is InChI=1S/C23H28N4O4/c1-13-6-8-16(9-7-13)18(12-20(29)31-5)24-19(28)11-10-17-14(2)21-15(3)26-27(4)22(21)25-23(17)30/h6-9,18H,10-12H2,1-5H3,(H,24,28)(H,25,30). The number of pyridine rings is 1. The summed E-state index contributed by atoms with van der Waals surface area (Å²) in [4.78, 5) is 40.0. The summed E-state index contributed by atoms with van der Waals surface area (Å²) >= 11 is 0. The smallest absolute Gasteiger partial charge is 0.307 e. The highest BCUT2D eigenvalue weighted by Gasteiger charge is 2.20. The summed E-state index contributed by atoms with van der Waals surface area (Å²) in [6.07, 6.45) is 0.445. The van der Waals surface area contributed by atoms with Gasteiger partial charge in [-0.05, 0) is 38.3 Å². The largest absolute Gasteiger partial charge is 0.469 e. The zero-order chi connectivity index (χ0) is 22.7. The third-order valence-electron chi connectivity index (χ3n) is 5.57. The summed E-state index contributed by atoms with van der Waals surface area (Å²) in [5, 5.41) is 8.18. The van der Waals surface area contributed by atoms with Gasteiger partial charge in [0.1, 0.15) is 5.65 Å². The van der Waals surface area contributed by atoms with Gasteiger partial charge in [-0.1, -0.05) is 29.8 Å². The first-order chi connectivity index (χ1) is 14.7. The van der Waals surface area contributed by atoms with E-state index in [0.29, 0.717) is 11.2 Å². The van der Waals surface area contributed by atoms with Gasteiger partial charge in [0, 0.05) is 24.4 Å². The molecule has 3 rings (SSSR count). The maximum absolute atomic E-state index is 12.7. The van der Waals surface area contributed by atoms with Crippen LogP contribution in [0.15, 0.2) is 29.1 Å². The second kappa shape index (κ2) is 9.16. The van der Waals surface area contributed by atoms with Gasteiger partial charge in [-0.3, -0.25) is 19.1 Å². The number of esters is 1. The highest BCUT2D eigenvalue weighted by Crippen LogP contribution is 2.22. The van der Waals surface area contributed by atoms with Crippen molar-refractivity contribution in [3.05, 3.63) is 62.6 Å². The number of methoxy groups -OCH3 is 1. The van der Waals surface area contributed by atoms with Crippen molar-refractivity contribution in [2.45, 2.75) is 46.1 Å². The van der Waals surface area contributed by atoms with Crippen LogP contribution in [0.5, 0.6) is 0 Å². The molecule has 1 unspecified atom stereocenters. The number of nitrogens with zero attached hydrogens (tertiary/aromatic N) is 2. The van der Waals surface area contributed by atoms with E-state index in [2.05, 4.69) is 15.4 Å². The van der Waals surface area contributed by atoms with Crippen molar-refractivity contribution >= 4 is 22.9 Å². The number of aromatic amines is 1. The van der Waals surface area contributed by atoms with Crippen LogP contribution in [-0.4, -0.2) is 33.8 Å². The van der Waals surface area contributed by atoms with Crippen molar-refractivity contribution in [1.82, 2.24) is 20.1 Å². The van der Waals surface area contributed by atoms with Gasteiger partial charge in [0.15, 0.2) is 0 Å². The monoisotopic (exact) mass is 424 g/mol. The first-order valence-electron chi connectivity index (χ1n) is 10.2. The predicted octanol–water partition coefficient (Wildman–Crippen LogP) is 2.54. The molecule has 1 aromatic carbocycles. The Balaban J connectivity index is 1.77. The van der Waals surface area contributed by atoms with E-state index >= 15 is 0 Å². The number of ether oxygens (including phenoxy) is 1. The Morgan fingerprint density at radius 3 is 2.52 bits per heavy atom. The number of hydrogen-bond acceptors (Lipinski definition) is 5. The minimum absolute atomic E-state index is 0.0335. The Morgan fingerprint density at radius 2 is 1.87 bits per heavy atom. The number of amides is 1. The lowest BCUT2D eigenvalue weighted by Crippen LogP contribution is -2.31. The molecule has 0 fully saturated rings. The molecule has 1 atom stereocenters. The summed E-state index contributed by atoms with van der Waals surface area (Å²) < 4.78 is 6.43. The lowest BCUT2D eigenvalue weighted by Gasteiger charge is -2.18. The van der Waals surface area contributed by atoms with E-state index in [9.17, 15) is 14.4 Å².